The largest absolute Gasteiger partial charge is 0.496 e. The Morgan fingerprint density at radius 1 is 1.03 bits per heavy atom. The van der Waals surface area contributed by atoms with Crippen LogP contribution in [0.15, 0.2) is 36.4 Å². The summed E-state index contributed by atoms with van der Waals surface area (Å²) >= 11 is 1.75. The molecule has 0 N–H and O–H groups in total. The van der Waals surface area contributed by atoms with Gasteiger partial charge in [0, 0.05) is 51.5 Å². The molecule has 8 heteroatoms. The minimum atomic E-state index is -0.399. The zero-order chi connectivity index (χ0) is 25.4. The first-order valence-electron chi connectivity index (χ1n) is 12.5. The molecule has 0 saturated carbocycles. The summed E-state index contributed by atoms with van der Waals surface area (Å²) in [5, 5.41) is 2.31. The van der Waals surface area contributed by atoms with Crippen molar-refractivity contribution in [1.82, 2.24) is 4.90 Å². The van der Waals surface area contributed by atoms with E-state index in [1.54, 1.807) is 16.2 Å². The van der Waals surface area contributed by atoms with Gasteiger partial charge in [0.2, 0.25) is 5.91 Å². The number of anilines is 1. The second-order valence-electron chi connectivity index (χ2n) is 9.94. The average Bonchev–Trinajstić information content (AvgIpc) is 3.32. The molecule has 0 spiro atoms. The first-order valence-corrected chi connectivity index (χ1v) is 13.4. The molecule has 2 saturated heterocycles. The Labute approximate surface area is 213 Å². The standard InChI is InChI=1S/C25H31BN2O4S.C2H6/c1-24(2)25(3,4)32-26(31-24)20-8-6-7-18-19-15-17(9-10-21(19)33-23(18)20)27(5)22(29)16-28-11-13-30-14-12-28;1-2/h6-10,15H,11-14,16H2,1-5H3;1-2H3. The van der Waals surface area contributed by atoms with Crippen LogP contribution in [0.5, 0.6) is 0 Å². The lowest BCUT2D eigenvalue weighted by atomic mass is 9.78. The zero-order valence-electron chi connectivity index (χ0n) is 22.0. The highest BCUT2D eigenvalue weighted by Crippen LogP contribution is 2.39. The molecule has 1 amide bonds. The number of carbonyl (C=O) groups excluding carboxylic acids is 1. The van der Waals surface area contributed by atoms with E-state index in [0.29, 0.717) is 19.8 Å². The SMILES string of the molecule is CC.CN(C(=O)CN1CCOCC1)c1ccc2sc3c(B4OC(C)(C)C(C)(C)O4)cccc3c2c1. The number of thiophene rings is 1. The molecule has 35 heavy (non-hydrogen) atoms. The van der Waals surface area contributed by atoms with Gasteiger partial charge in [-0.25, -0.2) is 0 Å². The maximum atomic E-state index is 12.9. The molecule has 5 rings (SSSR count). The highest BCUT2D eigenvalue weighted by Gasteiger charge is 2.52. The van der Waals surface area contributed by atoms with E-state index in [9.17, 15) is 4.79 Å². The first-order chi connectivity index (χ1) is 16.7. The summed E-state index contributed by atoms with van der Waals surface area (Å²) in [4.78, 5) is 16.8. The molecule has 3 heterocycles. The van der Waals surface area contributed by atoms with Crippen molar-refractivity contribution in [2.45, 2.75) is 52.7 Å². The van der Waals surface area contributed by atoms with E-state index in [-0.39, 0.29) is 17.1 Å². The Morgan fingerprint density at radius 3 is 2.34 bits per heavy atom. The molecule has 0 radical (unpaired) electrons. The molecule has 2 aliphatic heterocycles. The smallest absolute Gasteiger partial charge is 0.399 e. The van der Waals surface area contributed by atoms with Crippen molar-refractivity contribution in [1.29, 1.82) is 0 Å². The number of likely N-dealkylation sites (N-methyl/N-ethyl adjacent to an activating group) is 1. The molecule has 2 aromatic carbocycles. The van der Waals surface area contributed by atoms with E-state index in [1.807, 2.05) is 27.0 Å². The number of fused-ring (bicyclic) bond motifs is 3. The third-order valence-electron chi connectivity index (χ3n) is 7.24. The molecule has 3 aromatic rings. The molecule has 0 unspecified atom stereocenters. The Bertz CT molecular complexity index is 1190. The predicted octanol–water partition coefficient (Wildman–Crippen LogP) is 4.67. The van der Waals surface area contributed by atoms with Crippen LogP contribution < -0.4 is 10.4 Å². The normalized spacial score (nSPS) is 19.6. The molecule has 0 atom stereocenters. The van der Waals surface area contributed by atoms with Gasteiger partial charge >= 0.3 is 7.12 Å². The predicted molar refractivity (Wildman–Crippen MR) is 147 cm³/mol. The lowest BCUT2D eigenvalue weighted by Crippen LogP contribution is -2.43. The zero-order valence-corrected chi connectivity index (χ0v) is 22.8. The van der Waals surface area contributed by atoms with E-state index in [2.05, 4.69) is 62.9 Å². The summed E-state index contributed by atoms with van der Waals surface area (Å²) in [5.41, 5.74) is 1.20. The molecular weight excluding hydrogens is 459 g/mol. The number of carbonyl (C=O) groups is 1. The van der Waals surface area contributed by atoms with E-state index in [1.165, 1.54) is 9.40 Å². The van der Waals surface area contributed by atoms with Crippen LogP contribution >= 0.6 is 11.3 Å². The van der Waals surface area contributed by atoms with Crippen LogP contribution in [-0.4, -0.2) is 69.0 Å². The molecular formula is C27H37BN2O4S. The minimum absolute atomic E-state index is 0.0914. The summed E-state index contributed by atoms with van der Waals surface area (Å²) in [7, 11) is 1.46. The van der Waals surface area contributed by atoms with Crippen molar-refractivity contribution in [3.63, 3.8) is 0 Å². The number of nitrogens with zero attached hydrogens (tertiary/aromatic N) is 2. The molecule has 2 fully saturated rings. The summed E-state index contributed by atoms with van der Waals surface area (Å²) < 4.78 is 20.4. The van der Waals surface area contributed by atoms with Gasteiger partial charge in [-0.1, -0.05) is 32.0 Å². The monoisotopic (exact) mass is 496 g/mol. The summed E-state index contributed by atoms with van der Waals surface area (Å²) in [6.07, 6.45) is 0. The van der Waals surface area contributed by atoms with Gasteiger partial charge in [0.1, 0.15) is 0 Å². The molecule has 188 valence electrons. The van der Waals surface area contributed by atoms with Gasteiger partial charge in [-0.2, -0.15) is 0 Å². The van der Waals surface area contributed by atoms with E-state index in [0.717, 1.165) is 35.0 Å². The van der Waals surface area contributed by atoms with Gasteiger partial charge in [0.15, 0.2) is 0 Å². The third-order valence-corrected chi connectivity index (χ3v) is 8.48. The molecule has 2 aliphatic rings. The van der Waals surface area contributed by atoms with E-state index in [4.69, 9.17) is 14.0 Å². The van der Waals surface area contributed by atoms with E-state index < -0.39 is 7.12 Å². The van der Waals surface area contributed by atoms with Crippen LogP contribution in [0.1, 0.15) is 41.5 Å². The van der Waals surface area contributed by atoms with Crippen molar-refractivity contribution in [3.8, 4) is 0 Å². The Morgan fingerprint density at radius 2 is 1.69 bits per heavy atom. The molecule has 0 bridgehead atoms. The van der Waals surface area contributed by atoms with Crippen LogP contribution in [0, 0.1) is 0 Å². The second-order valence-corrected chi connectivity index (χ2v) is 11.0. The number of morpholine rings is 1. The molecule has 6 nitrogen and oxygen atoms in total. The number of rotatable bonds is 4. The fraction of sp³-hybridized carbons (Fsp3) is 0.519. The number of hydrogen-bond donors (Lipinski definition) is 0. The Hall–Kier alpha value is -1.97. The van der Waals surface area contributed by atoms with Crippen LogP contribution in [0.2, 0.25) is 0 Å². The highest BCUT2D eigenvalue weighted by atomic mass is 32.1. The van der Waals surface area contributed by atoms with Gasteiger partial charge in [-0.15, -0.1) is 11.3 Å². The third kappa shape index (κ3) is 5.00. The highest BCUT2D eigenvalue weighted by molar-refractivity contribution is 7.27. The average molecular weight is 496 g/mol. The van der Waals surface area contributed by atoms with Crippen LogP contribution in [0.4, 0.5) is 5.69 Å². The maximum absolute atomic E-state index is 12.9. The molecule has 1 aromatic heterocycles. The van der Waals surface area contributed by atoms with Crippen molar-refractivity contribution < 1.29 is 18.8 Å². The maximum Gasteiger partial charge on any atom is 0.496 e. The first kappa shape index (κ1) is 26.1. The number of benzene rings is 2. The van der Waals surface area contributed by atoms with E-state index >= 15 is 0 Å². The fourth-order valence-corrected chi connectivity index (χ4v) is 5.58. The minimum Gasteiger partial charge on any atom is -0.399 e. The Balaban J connectivity index is 0.00000141. The fourth-order valence-electron chi connectivity index (χ4n) is 4.37. The van der Waals surface area contributed by atoms with Crippen LogP contribution in [0.25, 0.3) is 20.2 Å². The second kappa shape index (κ2) is 10.2. The van der Waals surface area contributed by atoms with Crippen molar-refractivity contribution in [2.75, 3.05) is 44.8 Å². The summed E-state index contributed by atoms with van der Waals surface area (Å²) in [5.74, 6) is 0.0914. The molecule has 0 aliphatic carbocycles. The van der Waals surface area contributed by atoms with Crippen LogP contribution in [0.3, 0.4) is 0 Å². The van der Waals surface area contributed by atoms with Gasteiger partial charge in [-0.05, 0) is 45.9 Å². The van der Waals surface area contributed by atoms with Gasteiger partial charge in [0.25, 0.3) is 0 Å². The van der Waals surface area contributed by atoms with Gasteiger partial charge in [0.05, 0.1) is 31.0 Å². The number of amides is 1. The number of ether oxygens (including phenoxy) is 1. The quantitative estimate of drug-likeness (QED) is 0.492. The lowest BCUT2D eigenvalue weighted by molar-refractivity contribution is -0.120. The topological polar surface area (TPSA) is 51.2 Å². The van der Waals surface area contributed by atoms with Gasteiger partial charge in [-0.3, -0.25) is 9.69 Å². The van der Waals surface area contributed by atoms with Crippen molar-refractivity contribution in [2.24, 2.45) is 0 Å². The summed E-state index contributed by atoms with van der Waals surface area (Å²) in [6, 6.07) is 12.6. The Kier molecular flexibility index (Phi) is 7.60. The summed E-state index contributed by atoms with van der Waals surface area (Å²) in [6.45, 7) is 15.7. The van der Waals surface area contributed by atoms with Crippen molar-refractivity contribution >= 4 is 55.7 Å². The van der Waals surface area contributed by atoms with Gasteiger partial charge < -0.3 is 18.9 Å². The van der Waals surface area contributed by atoms with Crippen molar-refractivity contribution in [3.05, 3.63) is 36.4 Å². The number of hydrogen-bond acceptors (Lipinski definition) is 6. The van der Waals surface area contributed by atoms with Crippen LogP contribution in [-0.2, 0) is 18.8 Å². The lowest BCUT2D eigenvalue weighted by Gasteiger charge is -2.32.